The number of aromatic carboxylic acids is 1. The van der Waals surface area contributed by atoms with Crippen LogP contribution in [0.15, 0.2) is 97.1 Å². The van der Waals surface area contributed by atoms with Crippen LogP contribution in [0.3, 0.4) is 0 Å². The van der Waals surface area contributed by atoms with Gasteiger partial charge in [-0.25, -0.2) is 23.3 Å². The van der Waals surface area contributed by atoms with Gasteiger partial charge in [0.25, 0.3) is 0 Å². The second-order valence-electron chi connectivity index (χ2n) is 9.87. The number of carbonyl (C=O) groups excluding carboxylic acids is 2. The number of anilines is 1. The number of nitrogens with zero attached hydrogens (tertiary/aromatic N) is 2. The maximum atomic E-state index is 14.1. The van der Waals surface area contributed by atoms with Crippen LogP contribution in [0.5, 0.6) is 11.5 Å². The summed E-state index contributed by atoms with van der Waals surface area (Å²) in [5, 5.41) is 9.26. The fourth-order valence-electron chi connectivity index (χ4n) is 4.86. The molecule has 2 atom stereocenters. The minimum absolute atomic E-state index is 0.0353. The zero-order valence-corrected chi connectivity index (χ0v) is 23.2. The van der Waals surface area contributed by atoms with Gasteiger partial charge in [-0.2, -0.15) is 0 Å². The van der Waals surface area contributed by atoms with Crippen molar-refractivity contribution >= 4 is 23.6 Å². The van der Waals surface area contributed by atoms with Gasteiger partial charge in [-0.1, -0.05) is 30.3 Å². The molecular weight excluding hydrogens is 558 g/mol. The minimum atomic E-state index is -1.11. The molecule has 8 nitrogen and oxygen atoms in total. The highest BCUT2D eigenvalue weighted by molar-refractivity contribution is 6.07. The number of hydrogen-bond acceptors (Lipinski definition) is 5. The van der Waals surface area contributed by atoms with Gasteiger partial charge in [-0.05, 0) is 91.2 Å². The summed E-state index contributed by atoms with van der Waals surface area (Å²) < 4.78 is 39.2. The summed E-state index contributed by atoms with van der Waals surface area (Å²) >= 11 is 0. The third kappa shape index (κ3) is 6.48. The highest BCUT2D eigenvalue weighted by atomic mass is 19.1. The van der Waals surface area contributed by atoms with E-state index in [1.54, 1.807) is 6.07 Å². The number of rotatable bonds is 10. The number of β-lactam (4-membered cyclic amide) rings is 1. The molecule has 0 aliphatic carbocycles. The Kier molecular flexibility index (Phi) is 8.66. The van der Waals surface area contributed by atoms with E-state index in [2.05, 4.69) is 0 Å². The number of benzene rings is 4. The van der Waals surface area contributed by atoms with Crippen molar-refractivity contribution < 1.29 is 37.7 Å². The molecule has 1 aliphatic rings. The van der Waals surface area contributed by atoms with Crippen molar-refractivity contribution in [3.8, 4) is 11.5 Å². The average Bonchev–Trinajstić information content (AvgIpc) is 3.01. The maximum absolute atomic E-state index is 14.1. The van der Waals surface area contributed by atoms with Gasteiger partial charge in [0.2, 0.25) is 5.91 Å². The van der Waals surface area contributed by atoms with E-state index in [-0.39, 0.29) is 24.3 Å². The number of para-hydroxylation sites is 1. The number of carbonyl (C=O) groups is 3. The normalized spacial score (nSPS) is 15.9. The Morgan fingerprint density at radius 3 is 2.14 bits per heavy atom. The molecule has 10 heteroatoms. The first kappa shape index (κ1) is 29.2. The SMILES string of the molecule is CCOc1ccccc1CC1C(=O)N(C(=O)N(Cc2ccc(F)cc2)c2ccc(F)cc2)C1Oc1ccc(C(=O)O)cc1. The largest absolute Gasteiger partial charge is 0.494 e. The number of imide groups is 1. The molecule has 4 aromatic rings. The van der Waals surface area contributed by atoms with Crippen molar-refractivity contribution in [3.63, 3.8) is 0 Å². The maximum Gasteiger partial charge on any atom is 0.335 e. The number of halogens is 2. The zero-order chi connectivity index (χ0) is 30.5. The van der Waals surface area contributed by atoms with Crippen LogP contribution >= 0.6 is 0 Å². The molecule has 2 unspecified atom stereocenters. The van der Waals surface area contributed by atoms with Crippen LogP contribution in [0.2, 0.25) is 0 Å². The predicted octanol–water partition coefficient (Wildman–Crippen LogP) is 6.29. The highest BCUT2D eigenvalue weighted by Gasteiger charge is 2.54. The lowest BCUT2D eigenvalue weighted by molar-refractivity contribution is -0.166. The van der Waals surface area contributed by atoms with Crippen molar-refractivity contribution in [2.45, 2.75) is 26.1 Å². The topological polar surface area (TPSA) is 96.4 Å². The van der Waals surface area contributed by atoms with Gasteiger partial charge >= 0.3 is 12.0 Å². The van der Waals surface area contributed by atoms with Crippen LogP contribution in [0.1, 0.15) is 28.4 Å². The fraction of sp³-hybridized carbons (Fsp3) is 0.182. The Morgan fingerprint density at radius 1 is 0.884 bits per heavy atom. The van der Waals surface area contributed by atoms with E-state index < -0.39 is 41.7 Å². The Hall–Kier alpha value is -5.25. The van der Waals surface area contributed by atoms with Crippen LogP contribution in [0, 0.1) is 17.6 Å². The summed E-state index contributed by atoms with van der Waals surface area (Å²) in [6.45, 7) is 2.24. The van der Waals surface area contributed by atoms with Gasteiger partial charge in [0.15, 0.2) is 6.23 Å². The number of carboxylic acid groups (broad SMARTS) is 1. The van der Waals surface area contributed by atoms with Gasteiger partial charge in [-0.15, -0.1) is 0 Å². The van der Waals surface area contributed by atoms with Gasteiger partial charge in [0, 0.05) is 5.69 Å². The Bertz CT molecular complexity index is 1610. The van der Waals surface area contributed by atoms with E-state index in [1.807, 2.05) is 25.1 Å². The molecule has 3 amide bonds. The monoisotopic (exact) mass is 586 g/mol. The highest BCUT2D eigenvalue weighted by Crippen LogP contribution is 2.36. The van der Waals surface area contributed by atoms with E-state index in [1.165, 1.54) is 77.7 Å². The van der Waals surface area contributed by atoms with E-state index in [0.717, 1.165) is 10.5 Å². The lowest BCUT2D eigenvalue weighted by Crippen LogP contribution is -2.68. The molecule has 0 radical (unpaired) electrons. The van der Waals surface area contributed by atoms with Gasteiger partial charge in [0.1, 0.15) is 23.1 Å². The first-order valence-corrected chi connectivity index (χ1v) is 13.6. The molecule has 1 fully saturated rings. The summed E-state index contributed by atoms with van der Waals surface area (Å²) in [4.78, 5) is 41.4. The van der Waals surface area contributed by atoms with Crippen molar-refractivity contribution in [1.29, 1.82) is 0 Å². The van der Waals surface area contributed by atoms with Crippen molar-refractivity contribution in [2.75, 3.05) is 11.5 Å². The molecular formula is C33H28F2N2O6. The summed E-state index contributed by atoms with van der Waals surface area (Å²) in [6.07, 6.45) is -0.841. The molecule has 1 heterocycles. The number of hydrogen-bond donors (Lipinski definition) is 1. The van der Waals surface area contributed by atoms with E-state index in [9.17, 15) is 28.3 Å². The molecule has 220 valence electrons. The Labute approximate surface area is 246 Å². The number of urea groups is 1. The predicted molar refractivity (Wildman–Crippen MR) is 154 cm³/mol. The van der Waals surface area contributed by atoms with Crippen LogP contribution in [0.4, 0.5) is 19.3 Å². The fourth-order valence-corrected chi connectivity index (χ4v) is 4.86. The molecule has 43 heavy (non-hydrogen) atoms. The number of ether oxygens (including phenoxy) is 2. The van der Waals surface area contributed by atoms with Gasteiger partial charge in [-0.3, -0.25) is 9.69 Å². The van der Waals surface area contributed by atoms with Crippen LogP contribution in [-0.2, 0) is 17.8 Å². The second-order valence-corrected chi connectivity index (χ2v) is 9.87. The third-order valence-electron chi connectivity index (χ3n) is 7.05. The average molecular weight is 587 g/mol. The quantitative estimate of drug-likeness (QED) is 0.219. The zero-order valence-electron chi connectivity index (χ0n) is 23.2. The van der Waals surface area contributed by atoms with E-state index in [4.69, 9.17) is 9.47 Å². The van der Waals surface area contributed by atoms with Crippen LogP contribution < -0.4 is 14.4 Å². The van der Waals surface area contributed by atoms with Crippen LogP contribution in [-0.4, -0.2) is 40.7 Å². The molecule has 1 saturated heterocycles. The summed E-state index contributed by atoms with van der Waals surface area (Å²) in [7, 11) is 0. The number of likely N-dealkylation sites (tertiary alicyclic amines) is 1. The van der Waals surface area contributed by atoms with Crippen molar-refractivity contribution in [3.05, 3.63) is 125 Å². The van der Waals surface area contributed by atoms with E-state index >= 15 is 0 Å². The molecule has 1 N–H and O–H groups in total. The molecule has 4 aromatic carbocycles. The smallest absolute Gasteiger partial charge is 0.335 e. The minimum Gasteiger partial charge on any atom is -0.494 e. The molecule has 1 aliphatic heterocycles. The first-order chi connectivity index (χ1) is 20.7. The Balaban J connectivity index is 1.48. The number of carboxylic acids is 1. The van der Waals surface area contributed by atoms with Gasteiger partial charge < -0.3 is 14.6 Å². The lowest BCUT2D eigenvalue weighted by Gasteiger charge is -2.46. The first-order valence-electron chi connectivity index (χ1n) is 13.6. The standard InChI is InChI=1S/C33H28F2N2O6/c1-2-42-29-6-4-3-5-23(29)19-28-30(38)37(31(28)43-27-17-9-22(10-18-27)32(39)40)33(41)36(26-15-13-25(35)14-16-26)20-21-7-11-24(34)12-8-21/h3-18,28,31H,2,19-20H2,1H3,(H,39,40). The molecule has 0 aromatic heterocycles. The van der Waals surface area contributed by atoms with Crippen molar-refractivity contribution in [1.82, 2.24) is 4.90 Å². The summed E-state index contributed by atoms with van der Waals surface area (Å²) in [6, 6.07) is 23.0. The lowest BCUT2D eigenvalue weighted by atomic mass is 9.88. The van der Waals surface area contributed by atoms with E-state index in [0.29, 0.717) is 23.6 Å². The van der Waals surface area contributed by atoms with Crippen LogP contribution in [0.25, 0.3) is 0 Å². The molecule has 0 saturated carbocycles. The summed E-state index contributed by atoms with van der Waals surface area (Å²) in [5.41, 5.74) is 1.70. The Morgan fingerprint density at radius 2 is 1.51 bits per heavy atom. The van der Waals surface area contributed by atoms with Crippen molar-refractivity contribution in [2.24, 2.45) is 5.92 Å². The second kappa shape index (κ2) is 12.7. The van der Waals surface area contributed by atoms with Gasteiger partial charge in [0.05, 0.1) is 24.6 Å². The summed E-state index contributed by atoms with van der Waals surface area (Å²) in [5.74, 6) is -2.45. The molecule has 5 rings (SSSR count). The molecule has 0 bridgehead atoms. The molecule has 0 spiro atoms. The number of amides is 3. The third-order valence-corrected chi connectivity index (χ3v) is 7.05.